The quantitative estimate of drug-likeness (QED) is 0.278. The van der Waals surface area contributed by atoms with Crippen molar-refractivity contribution in [1.29, 1.82) is 0 Å². The molecule has 0 radical (unpaired) electrons. The first-order valence-electron chi connectivity index (χ1n) is 10.8. The van der Waals surface area contributed by atoms with Crippen LogP contribution in [0.1, 0.15) is 22.8 Å². The minimum absolute atomic E-state index is 0.0519. The monoisotopic (exact) mass is 491 g/mol. The Labute approximate surface area is 207 Å². The van der Waals surface area contributed by atoms with Gasteiger partial charge in [-0.15, -0.1) is 0 Å². The van der Waals surface area contributed by atoms with Crippen LogP contribution in [0.15, 0.2) is 69.5 Å². The van der Waals surface area contributed by atoms with Gasteiger partial charge in [0.1, 0.15) is 6.54 Å². The van der Waals surface area contributed by atoms with Crippen LogP contribution in [-0.2, 0) is 4.79 Å². The topological polar surface area (TPSA) is 89.5 Å². The number of methoxy groups -OCH3 is 3. The third-order valence-electron chi connectivity index (χ3n) is 5.40. The number of para-hydroxylation sites is 1. The highest BCUT2D eigenvalue weighted by molar-refractivity contribution is 7.99. The fraction of sp³-hybridized carbons (Fsp3) is 0.192. The van der Waals surface area contributed by atoms with Gasteiger partial charge in [-0.2, -0.15) is 5.10 Å². The number of hydrogen-bond donors (Lipinski definition) is 1. The summed E-state index contributed by atoms with van der Waals surface area (Å²) >= 11 is 1.57. The molecule has 0 saturated carbocycles. The first kappa shape index (κ1) is 24.2. The van der Waals surface area contributed by atoms with Crippen molar-refractivity contribution < 1.29 is 23.8 Å². The predicted octanol–water partition coefficient (Wildman–Crippen LogP) is 4.67. The number of Topliss-reactive ketones (excluding diaryl/α,β-unsaturated/α-hetero) is 1. The van der Waals surface area contributed by atoms with Crippen molar-refractivity contribution in [2.24, 2.45) is 5.10 Å². The van der Waals surface area contributed by atoms with Gasteiger partial charge in [0.2, 0.25) is 5.75 Å². The number of anilines is 2. The van der Waals surface area contributed by atoms with Crippen molar-refractivity contribution in [3.8, 4) is 17.2 Å². The van der Waals surface area contributed by atoms with Gasteiger partial charge in [0.25, 0.3) is 5.91 Å². The van der Waals surface area contributed by atoms with E-state index in [0.717, 1.165) is 15.5 Å². The molecule has 9 heteroatoms. The molecule has 4 rings (SSSR count). The third kappa shape index (κ3) is 4.95. The number of amides is 1. The maximum Gasteiger partial charge on any atom is 0.252 e. The molecule has 3 aromatic rings. The molecule has 0 atom stereocenters. The van der Waals surface area contributed by atoms with Gasteiger partial charge in [0.05, 0.1) is 38.9 Å². The number of ketones is 1. The summed E-state index contributed by atoms with van der Waals surface area (Å²) < 4.78 is 16.1. The van der Waals surface area contributed by atoms with E-state index in [1.807, 2.05) is 30.3 Å². The molecule has 1 amide bonds. The van der Waals surface area contributed by atoms with Crippen molar-refractivity contribution >= 4 is 41.0 Å². The van der Waals surface area contributed by atoms with Crippen molar-refractivity contribution in [3.05, 3.63) is 65.7 Å². The standard InChI is InChI=1S/C26H25N3O5S/c1-16(30)18-9-10-24-20(13-18)29(19-7-5-6-8-23(19)35-24)25(31)15-28-27-14-17-11-21(32-2)26(34-4)22(12-17)33-3/h5-14,28H,15H2,1-4H3. The molecule has 0 unspecified atom stereocenters. The Kier molecular flexibility index (Phi) is 7.26. The Morgan fingerprint density at radius 2 is 1.63 bits per heavy atom. The Hall–Kier alpha value is -3.98. The molecule has 0 fully saturated rings. The summed E-state index contributed by atoms with van der Waals surface area (Å²) in [6.45, 7) is 1.46. The molecule has 0 aliphatic carbocycles. The number of hydrogen-bond acceptors (Lipinski definition) is 8. The van der Waals surface area contributed by atoms with E-state index in [-0.39, 0.29) is 18.2 Å². The second-order valence-corrected chi connectivity index (χ2v) is 8.67. The molecule has 0 aromatic heterocycles. The van der Waals surface area contributed by atoms with Gasteiger partial charge in [0.15, 0.2) is 17.3 Å². The Morgan fingerprint density at radius 1 is 0.943 bits per heavy atom. The second-order valence-electron chi connectivity index (χ2n) is 7.59. The summed E-state index contributed by atoms with van der Waals surface area (Å²) in [5.74, 6) is 1.23. The van der Waals surface area contributed by atoms with E-state index in [4.69, 9.17) is 14.2 Å². The third-order valence-corrected chi connectivity index (χ3v) is 6.53. The van der Waals surface area contributed by atoms with Gasteiger partial charge < -0.3 is 19.6 Å². The minimum atomic E-state index is -0.207. The molecule has 1 aliphatic heterocycles. The van der Waals surface area contributed by atoms with Crippen LogP contribution >= 0.6 is 11.8 Å². The molecular formula is C26H25N3O5S. The van der Waals surface area contributed by atoms with E-state index in [1.54, 1.807) is 61.4 Å². The fourth-order valence-electron chi connectivity index (χ4n) is 3.73. The molecule has 180 valence electrons. The maximum atomic E-state index is 13.3. The number of nitrogens with one attached hydrogen (secondary N) is 1. The molecule has 3 aromatic carbocycles. The fourth-order valence-corrected chi connectivity index (χ4v) is 4.77. The molecule has 0 spiro atoms. The summed E-state index contributed by atoms with van der Waals surface area (Å²) in [5.41, 5.74) is 5.53. The van der Waals surface area contributed by atoms with Crippen molar-refractivity contribution in [3.63, 3.8) is 0 Å². The summed E-state index contributed by atoms with van der Waals surface area (Å²) in [4.78, 5) is 28.8. The number of benzene rings is 3. The minimum Gasteiger partial charge on any atom is -0.493 e. The Bertz CT molecular complexity index is 1280. The van der Waals surface area contributed by atoms with Crippen LogP contribution in [0, 0.1) is 0 Å². The Balaban J connectivity index is 1.56. The van der Waals surface area contributed by atoms with Crippen LogP contribution in [0.25, 0.3) is 0 Å². The van der Waals surface area contributed by atoms with Crippen LogP contribution in [0.2, 0.25) is 0 Å². The van der Waals surface area contributed by atoms with Gasteiger partial charge >= 0.3 is 0 Å². The lowest BCUT2D eigenvalue weighted by Crippen LogP contribution is -2.35. The highest BCUT2D eigenvalue weighted by Crippen LogP contribution is 2.48. The highest BCUT2D eigenvalue weighted by atomic mass is 32.2. The number of hydrazone groups is 1. The van der Waals surface area contributed by atoms with E-state index in [9.17, 15) is 9.59 Å². The summed E-state index contributed by atoms with van der Waals surface area (Å²) in [6.07, 6.45) is 1.57. The van der Waals surface area contributed by atoms with Crippen molar-refractivity contribution in [1.82, 2.24) is 5.43 Å². The largest absolute Gasteiger partial charge is 0.493 e. The van der Waals surface area contributed by atoms with E-state index < -0.39 is 0 Å². The molecule has 0 saturated heterocycles. The maximum absolute atomic E-state index is 13.3. The highest BCUT2D eigenvalue weighted by Gasteiger charge is 2.28. The van der Waals surface area contributed by atoms with E-state index >= 15 is 0 Å². The second kappa shape index (κ2) is 10.5. The number of nitrogens with zero attached hydrogens (tertiary/aromatic N) is 2. The number of fused-ring (bicyclic) bond motifs is 2. The summed E-state index contributed by atoms with van der Waals surface area (Å²) in [6, 6.07) is 16.6. The van der Waals surface area contributed by atoms with E-state index in [0.29, 0.717) is 34.1 Å². The predicted molar refractivity (Wildman–Crippen MR) is 136 cm³/mol. The zero-order chi connectivity index (χ0) is 24.9. The van der Waals surface area contributed by atoms with Crippen LogP contribution in [0.5, 0.6) is 17.2 Å². The lowest BCUT2D eigenvalue weighted by atomic mass is 10.1. The van der Waals surface area contributed by atoms with Gasteiger partial charge in [-0.3, -0.25) is 14.5 Å². The molecule has 1 aliphatic rings. The van der Waals surface area contributed by atoms with E-state index in [1.165, 1.54) is 14.0 Å². The van der Waals surface area contributed by atoms with Gasteiger partial charge in [-0.1, -0.05) is 30.0 Å². The first-order chi connectivity index (χ1) is 17.0. The smallest absolute Gasteiger partial charge is 0.252 e. The van der Waals surface area contributed by atoms with Crippen molar-refractivity contribution in [2.75, 3.05) is 32.8 Å². The van der Waals surface area contributed by atoms with Crippen molar-refractivity contribution in [2.45, 2.75) is 16.7 Å². The molecule has 35 heavy (non-hydrogen) atoms. The van der Waals surface area contributed by atoms with Crippen LogP contribution in [0.3, 0.4) is 0 Å². The number of carbonyl (C=O) groups excluding carboxylic acids is 2. The average molecular weight is 492 g/mol. The molecule has 8 nitrogen and oxygen atoms in total. The van der Waals surface area contributed by atoms with Gasteiger partial charge in [-0.25, -0.2) is 0 Å². The Morgan fingerprint density at radius 3 is 2.29 bits per heavy atom. The molecule has 1 heterocycles. The van der Waals surface area contributed by atoms with Crippen LogP contribution in [0.4, 0.5) is 11.4 Å². The number of carbonyl (C=O) groups is 2. The lowest BCUT2D eigenvalue weighted by Gasteiger charge is -2.31. The van der Waals surface area contributed by atoms with E-state index in [2.05, 4.69) is 10.5 Å². The lowest BCUT2D eigenvalue weighted by molar-refractivity contribution is -0.117. The van der Waals surface area contributed by atoms with Crippen LogP contribution < -0.4 is 24.5 Å². The van der Waals surface area contributed by atoms with Gasteiger partial charge in [0, 0.05) is 20.9 Å². The first-order valence-corrected chi connectivity index (χ1v) is 11.6. The van der Waals surface area contributed by atoms with Gasteiger partial charge in [-0.05, 0) is 43.3 Å². The average Bonchev–Trinajstić information content (AvgIpc) is 2.88. The molecular weight excluding hydrogens is 466 g/mol. The zero-order valence-electron chi connectivity index (χ0n) is 19.8. The number of ether oxygens (including phenoxy) is 3. The summed E-state index contributed by atoms with van der Waals surface area (Å²) in [5, 5.41) is 4.21. The molecule has 0 bridgehead atoms. The number of rotatable bonds is 8. The normalized spacial score (nSPS) is 12.1. The SMILES string of the molecule is COc1cc(C=NNCC(=O)N2c3ccccc3Sc3ccc(C(C)=O)cc32)cc(OC)c1OC. The van der Waals surface area contributed by atoms with Crippen LogP contribution in [-0.4, -0.2) is 45.8 Å². The summed E-state index contributed by atoms with van der Waals surface area (Å²) in [7, 11) is 4.62. The molecule has 1 N–H and O–H groups in total. The zero-order valence-corrected chi connectivity index (χ0v) is 20.6.